The van der Waals surface area contributed by atoms with E-state index in [2.05, 4.69) is 44.2 Å². The molecule has 0 aliphatic heterocycles. The van der Waals surface area contributed by atoms with E-state index in [4.69, 9.17) is 0 Å². The van der Waals surface area contributed by atoms with Gasteiger partial charge in [-0.1, -0.05) is 89.1 Å². The fourth-order valence-corrected chi connectivity index (χ4v) is 5.34. The molecule has 0 bridgehead atoms. The van der Waals surface area contributed by atoms with Crippen molar-refractivity contribution in [3.63, 3.8) is 0 Å². The van der Waals surface area contributed by atoms with E-state index in [1.54, 1.807) is 11.1 Å². The standard InChI is InChI=1S/C27H42/c1-3-5-7-9-23-12-16-25(17-13-23)27-20-18-26(19-21-27)24-14-10-22(11-15-24)8-6-4-2/h14,18-23,25H,3-13,15-17H2,1-2H3/t22?,23-,25-. The van der Waals surface area contributed by atoms with E-state index >= 15 is 0 Å². The molecule has 0 amide bonds. The Morgan fingerprint density at radius 1 is 0.741 bits per heavy atom. The van der Waals surface area contributed by atoms with Crippen molar-refractivity contribution >= 4 is 5.57 Å². The van der Waals surface area contributed by atoms with Gasteiger partial charge in [-0.2, -0.15) is 0 Å². The number of rotatable bonds is 9. The predicted octanol–water partition coefficient (Wildman–Crippen LogP) is 8.91. The maximum Gasteiger partial charge on any atom is -0.0162 e. The molecule has 1 saturated carbocycles. The molecule has 0 aromatic heterocycles. The van der Waals surface area contributed by atoms with E-state index in [1.165, 1.54) is 95.5 Å². The van der Waals surface area contributed by atoms with E-state index in [-0.39, 0.29) is 0 Å². The fraction of sp³-hybridized carbons (Fsp3) is 0.704. The summed E-state index contributed by atoms with van der Waals surface area (Å²) in [6.45, 7) is 4.62. The molecule has 0 N–H and O–H groups in total. The minimum atomic E-state index is 0.820. The van der Waals surface area contributed by atoms with Gasteiger partial charge in [-0.05, 0) is 79.4 Å². The van der Waals surface area contributed by atoms with Crippen molar-refractivity contribution in [2.75, 3.05) is 0 Å². The summed E-state index contributed by atoms with van der Waals surface area (Å²) in [4.78, 5) is 0. The topological polar surface area (TPSA) is 0 Å². The van der Waals surface area contributed by atoms with Crippen LogP contribution in [0.5, 0.6) is 0 Å². The predicted molar refractivity (Wildman–Crippen MR) is 120 cm³/mol. The van der Waals surface area contributed by atoms with Crippen LogP contribution in [0.15, 0.2) is 30.3 Å². The molecular weight excluding hydrogens is 324 g/mol. The lowest BCUT2D eigenvalue weighted by atomic mass is 9.76. The van der Waals surface area contributed by atoms with Gasteiger partial charge in [0.1, 0.15) is 0 Å². The van der Waals surface area contributed by atoms with Crippen LogP contribution in [0.3, 0.4) is 0 Å². The Morgan fingerprint density at radius 2 is 1.44 bits per heavy atom. The lowest BCUT2D eigenvalue weighted by molar-refractivity contribution is 0.303. The largest absolute Gasteiger partial charge is 0.0804 e. The van der Waals surface area contributed by atoms with Crippen LogP contribution < -0.4 is 0 Å². The third-order valence-corrected chi connectivity index (χ3v) is 7.30. The van der Waals surface area contributed by atoms with Gasteiger partial charge in [0.2, 0.25) is 0 Å². The van der Waals surface area contributed by atoms with Crippen LogP contribution in [0.1, 0.15) is 121 Å². The molecule has 2 aliphatic rings. The van der Waals surface area contributed by atoms with E-state index in [0.29, 0.717) is 0 Å². The van der Waals surface area contributed by atoms with E-state index in [1.807, 2.05) is 0 Å². The Hall–Kier alpha value is -1.04. The molecule has 0 heterocycles. The van der Waals surface area contributed by atoms with Crippen LogP contribution in [0.4, 0.5) is 0 Å². The molecule has 0 spiro atoms. The van der Waals surface area contributed by atoms with Crippen molar-refractivity contribution in [2.45, 2.75) is 110 Å². The van der Waals surface area contributed by atoms with Gasteiger partial charge < -0.3 is 0 Å². The summed E-state index contributed by atoms with van der Waals surface area (Å²) in [6, 6.07) is 9.73. The van der Waals surface area contributed by atoms with Crippen LogP contribution in [-0.4, -0.2) is 0 Å². The van der Waals surface area contributed by atoms with E-state index in [0.717, 1.165) is 17.8 Å². The zero-order valence-electron chi connectivity index (χ0n) is 18.0. The fourth-order valence-electron chi connectivity index (χ4n) is 5.34. The zero-order chi connectivity index (χ0) is 18.9. The molecule has 1 fully saturated rings. The zero-order valence-corrected chi connectivity index (χ0v) is 18.0. The average Bonchev–Trinajstić information content (AvgIpc) is 2.73. The summed E-state index contributed by atoms with van der Waals surface area (Å²) < 4.78 is 0. The van der Waals surface area contributed by atoms with Gasteiger partial charge in [-0.15, -0.1) is 0 Å². The van der Waals surface area contributed by atoms with E-state index in [9.17, 15) is 0 Å². The molecule has 1 atom stereocenters. The van der Waals surface area contributed by atoms with Gasteiger partial charge in [0.15, 0.2) is 0 Å². The third-order valence-electron chi connectivity index (χ3n) is 7.30. The van der Waals surface area contributed by atoms with Gasteiger partial charge in [0, 0.05) is 0 Å². The molecule has 1 aromatic rings. The van der Waals surface area contributed by atoms with Crippen LogP contribution in [0.25, 0.3) is 5.57 Å². The Bertz CT molecular complexity index is 556. The van der Waals surface area contributed by atoms with Gasteiger partial charge >= 0.3 is 0 Å². The first-order chi connectivity index (χ1) is 13.3. The summed E-state index contributed by atoms with van der Waals surface area (Å²) in [5.74, 6) is 2.78. The highest BCUT2D eigenvalue weighted by Crippen LogP contribution is 2.39. The second-order valence-corrected chi connectivity index (χ2v) is 9.35. The maximum absolute atomic E-state index is 2.54. The van der Waals surface area contributed by atoms with Crippen molar-refractivity contribution in [3.8, 4) is 0 Å². The third kappa shape index (κ3) is 6.23. The SMILES string of the molecule is CCCCC[C@H]1CC[C@H](c2ccc(C3=CCC(CCCC)CC3)cc2)CC1. The lowest BCUT2D eigenvalue weighted by Crippen LogP contribution is -2.13. The molecule has 3 rings (SSSR count). The number of allylic oxidation sites excluding steroid dienone is 2. The molecular formula is C27H42. The summed E-state index contributed by atoms with van der Waals surface area (Å²) >= 11 is 0. The lowest BCUT2D eigenvalue weighted by Gasteiger charge is -2.29. The minimum Gasteiger partial charge on any atom is -0.0804 e. The molecule has 2 aliphatic carbocycles. The Labute approximate surface area is 168 Å². The Kier molecular flexibility index (Phi) is 8.49. The van der Waals surface area contributed by atoms with Crippen LogP contribution in [0.2, 0.25) is 0 Å². The quantitative estimate of drug-likeness (QED) is 0.383. The van der Waals surface area contributed by atoms with Crippen molar-refractivity contribution in [1.82, 2.24) is 0 Å². The van der Waals surface area contributed by atoms with Gasteiger partial charge in [0.05, 0.1) is 0 Å². The van der Waals surface area contributed by atoms with Crippen LogP contribution in [0, 0.1) is 11.8 Å². The number of benzene rings is 1. The summed E-state index contributed by atoms with van der Waals surface area (Å²) in [5, 5.41) is 0. The summed E-state index contributed by atoms with van der Waals surface area (Å²) in [5.41, 5.74) is 4.69. The molecule has 0 radical (unpaired) electrons. The number of unbranched alkanes of at least 4 members (excludes halogenated alkanes) is 3. The van der Waals surface area contributed by atoms with Crippen molar-refractivity contribution in [2.24, 2.45) is 11.8 Å². The van der Waals surface area contributed by atoms with Crippen LogP contribution in [-0.2, 0) is 0 Å². The molecule has 150 valence electrons. The molecule has 1 aromatic carbocycles. The molecule has 0 nitrogen and oxygen atoms in total. The normalized spacial score (nSPS) is 26.0. The molecule has 1 unspecified atom stereocenters. The molecule has 0 heteroatoms. The Morgan fingerprint density at radius 3 is 2.07 bits per heavy atom. The molecule has 0 saturated heterocycles. The molecule has 27 heavy (non-hydrogen) atoms. The number of hydrogen-bond acceptors (Lipinski definition) is 0. The van der Waals surface area contributed by atoms with Crippen molar-refractivity contribution in [3.05, 3.63) is 41.5 Å². The smallest absolute Gasteiger partial charge is 0.0162 e. The summed E-state index contributed by atoms with van der Waals surface area (Å²) in [7, 11) is 0. The highest BCUT2D eigenvalue weighted by molar-refractivity contribution is 5.66. The Balaban J connectivity index is 1.48. The van der Waals surface area contributed by atoms with Crippen molar-refractivity contribution < 1.29 is 0 Å². The highest BCUT2D eigenvalue weighted by atomic mass is 14.3. The van der Waals surface area contributed by atoms with Crippen molar-refractivity contribution in [1.29, 1.82) is 0 Å². The minimum absolute atomic E-state index is 0.820. The van der Waals surface area contributed by atoms with Crippen LogP contribution >= 0.6 is 0 Å². The number of hydrogen-bond donors (Lipinski definition) is 0. The average molecular weight is 367 g/mol. The summed E-state index contributed by atoms with van der Waals surface area (Å²) in [6.07, 6.45) is 22.2. The van der Waals surface area contributed by atoms with Gasteiger partial charge in [-0.25, -0.2) is 0 Å². The first kappa shape index (κ1) is 20.7. The van der Waals surface area contributed by atoms with Gasteiger partial charge in [0.25, 0.3) is 0 Å². The first-order valence-electron chi connectivity index (χ1n) is 12.1. The maximum atomic E-state index is 2.54. The second kappa shape index (κ2) is 11.1. The van der Waals surface area contributed by atoms with E-state index < -0.39 is 0 Å². The highest BCUT2D eigenvalue weighted by Gasteiger charge is 2.22. The van der Waals surface area contributed by atoms with Gasteiger partial charge in [-0.3, -0.25) is 0 Å². The first-order valence-corrected chi connectivity index (χ1v) is 12.1. The monoisotopic (exact) mass is 366 g/mol. The second-order valence-electron chi connectivity index (χ2n) is 9.35.